The maximum atomic E-state index is 11.2. The second kappa shape index (κ2) is 5.82. The molecule has 1 aromatic rings. The minimum atomic E-state index is -0.758. The number of rotatable bonds is 5. The van der Waals surface area contributed by atoms with Gasteiger partial charge in [0.15, 0.2) is 0 Å². The molecule has 1 atom stereocenters. The molecule has 0 amide bonds. The summed E-state index contributed by atoms with van der Waals surface area (Å²) in [7, 11) is 0. The summed E-state index contributed by atoms with van der Waals surface area (Å²) in [6.07, 6.45) is -0.753. The van der Waals surface area contributed by atoms with Gasteiger partial charge in [-0.3, -0.25) is 9.48 Å². The first-order chi connectivity index (χ1) is 7.95. The molecular formula is C12H20N2O3. The first-order valence-electron chi connectivity index (χ1n) is 5.80. The molecule has 1 unspecified atom stereocenters. The molecule has 0 fully saturated rings. The molecule has 1 aromatic heterocycles. The zero-order chi connectivity index (χ0) is 13.0. The predicted octanol–water partition coefficient (Wildman–Crippen LogP) is 1.12. The first-order valence-corrected chi connectivity index (χ1v) is 5.80. The van der Waals surface area contributed by atoms with Crippen LogP contribution in [0.4, 0.5) is 0 Å². The lowest BCUT2D eigenvalue weighted by Gasteiger charge is -2.11. The van der Waals surface area contributed by atoms with Crippen LogP contribution in [-0.4, -0.2) is 33.6 Å². The summed E-state index contributed by atoms with van der Waals surface area (Å²) in [6, 6.07) is 0. The van der Waals surface area contributed by atoms with Crippen LogP contribution in [0.15, 0.2) is 0 Å². The van der Waals surface area contributed by atoms with Crippen molar-refractivity contribution in [3.05, 3.63) is 17.0 Å². The van der Waals surface area contributed by atoms with Crippen LogP contribution in [-0.2, 0) is 16.1 Å². The van der Waals surface area contributed by atoms with E-state index in [1.165, 1.54) is 0 Å². The number of carbonyl (C=O) groups is 1. The topological polar surface area (TPSA) is 64.3 Å². The Labute approximate surface area is 101 Å². The van der Waals surface area contributed by atoms with Crippen molar-refractivity contribution in [2.45, 2.75) is 46.8 Å². The maximum Gasteiger partial charge on any atom is 0.308 e. The highest BCUT2D eigenvalue weighted by Crippen LogP contribution is 2.12. The Morgan fingerprint density at radius 2 is 2.12 bits per heavy atom. The summed E-state index contributed by atoms with van der Waals surface area (Å²) in [6.45, 7) is 8.27. The lowest BCUT2D eigenvalue weighted by atomic mass is 10.2. The molecule has 1 N–H and O–H groups in total. The van der Waals surface area contributed by atoms with Crippen LogP contribution in [0.25, 0.3) is 0 Å². The predicted molar refractivity (Wildman–Crippen MR) is 63.7 cm³/mol. The van der Waals surface area contributed by atoms with Crippen LogP contribution in [0.1, 0.15) is 30.3 Å². The average Bonchev–Trinajstić information content (AvgIpc) is 2.46. The highest BCUT2D eigenvalue weighted by atomic mass is 16.5. The molecule has 0 radical (unpaired) electrons. The van der Waals surface area contributed by atoms with E-state index in [4.69, 9.17) is 4.74 Å². The minimum Gasteiger partial charge on any atom is -0.466 e. The molecule has 0 aliphatic rings. The third kappa shape index (κ3) is 3.56. The molecule has 0 aliphatic heterocycles. The number of ether oxygens (including phenoxy) is 1. The lowest BCUT2D eigenvalue weighted by molar-refractivity contribution is -0.145. The number of hydrogen-bond acceptors (Lipinski definition) is 4. The minimum absolute atomic E-state index is 0.00519. The van der Waals surface area contributed by atoms with E-state index in [9.17, 15) is 9.90 Å². The van der Waals surface area contributed by atoms with E-state index in [-0.39, 0.29) is 12.4 Å². The number of hydrogen-bond donors (Lipinski definition) is 1. The monoisotopic (exact) mass is 240 g/mol. The molecule has 0 saturated carbocycles. The standard InChI is InChI=1S/C12H20N2O3/c1-5-17-12(16)6-11(15)7-14-10(4)8(2)9(3)13-14/h11,15H,5-7H2,1-4H3. The van der Waals surface area contributed by atoms with Crippen LogP contribution in [0, 0.1) is 20.8 Å². The van der Waals surface area contributed by atoms with E-state index in [0.717, 1.165) is 17.0 Å². The zero-order valence-corrected chi connectivity index (χ0v) is 10.9. The second-order valence-electron chi connectivity index (χ2n) is 4.14. The lowest BCUT2D eigenvalue weighted by Crippen LogP contribution is -2.22. The van der Waals surface area contributed by atoms with Crippen molar-refractivity contribution in [1.29, 1.82) is 0 Å². The van der Waals surface area contributed by atoms with E-state index < -0.39 is 6.10 Å². The molecule has 0 aromatic carbocycles. The third-order valence-electron chi connectivity index (χ3n) is 2.83. The van der Waals surface area contributed by atoms with Gasteiger partial charge < -0.3 is 9.84 Å². The molecule has 0 saturated heterocycles. The molecule has 0 bridgehead atoms. The molecule has 0 aliphatic carbocycles. The van der Waals surface area contributed by atoms with Gasteiger partial charge in [0.1, 0.15) is 0 Å². The summed E-state index contributed by atoms with van der Waals surface area (Å²) in [4.78, 5) is 11.2. The number of nitrogens with zero attached hydrogens (tertiary/aromatic N) is 2. The number of esters is 1. The average molecular weight is 240 g/mol. The van der Waals surface area contributed by atoms with E-state index in [1.54, 1.807) is 11.6 Å². The van der Waals surface area contributed by atoms with Gasteiger partial charge in [-0.1, -0.05) is 0 Å². The van der Waals surface area contributed by atoms with Crippen LogP contribution in [0.2, 0.25) is 0 Å². The van der Waals surface area contributed by atoms with Crippen LogP contribution in [0.5, 0.6) is 0 Å². The number of carbonyl (C=O) groups excluding carboxylic acids is 1. The van der Waals surface area contributed by atoms with E-state index in [2.05, 4.69) is 5.10 Å². The van der Waals surface area contributed by atoms with Crippen LogP contribution in [0.3, 0.4) is 0 Å². The number of aliphatic hydroxyl groups excluding tert-OH is 1. The third-order valence-corrected chi connectivity index (χ3v) is 2.83. The molecule has 96 valence electrons. The van der Waals surface area contributed by atoms with Crippen molar-refractivity contribution < 1.29 is 14.6 Å². The summed E-state index contributed by atoms with van der Waals surface area (Å²) in [5.41, 5.74) is 3.09. The quantitative estimate of drug-likeness (QED) is 0.783. The van der Waals surface area contributed by atoms with Gasteiger partial charge in [0.25, 0.3) is 0 Å². The summed E-state index contributed by atoms with van der Waals surface area (Å²) < 4.78 is 6.51. The summed E-state index contributed by atoms with van der Waals surface area (Å²) in [5, 5.41) is 14.1. The van der Waals surface area contributed by atoms with Crippen LogP contribution < -0.4 is 0 Å². The number of aryl methyl sites for hydroxylation is 1. The van der Waals surface area contributed by atoms with E-state index in [1.807, 2.05) is 20.8 Å². The van der Waals surface area contributed by atoms with Crippen LogP contribution >= 0.6 is 0 Å². The van der Waals surface area contributed by atoms with Gasteiger partial charge >= 0.3 is 5.97 Å². The van der Waals surface area contributed by atoms with Gasteiger partial charge in [-0.05, 0) is 33.3 Å². The highest BCUT2D eigenvalue weighted by Gasteiger charge is 2.15. The van der Waals surface area contributed by atoms with Gasteiger partial charge in [0.05, 0.1) is 31.4 Å². The molecule has 17 heavy (non-hydrogen) atoms. The summed E-state index contributed by atoms with van der Waals surface area (Å²) >= 11 is 0. The number of aromatic nitrogens is 2. The molecule has 1 rings (SSSR count). The smallest absolute Gasteiger partial charge is 0.308 e. The number of aliphatic hydroxyl groups is 1. The van der Waals surface area contributed by atoms with Gasteiger partial charge in [0.2, 0.25) is 0 Å². The molecular weight excluding hydrogens is 220 g/mol. The first kappa shape index (κ1) is 13.7. The fourth-order valence-electron chi connectivity index (χ4n) is 1.64. The highest BCUT2D eigenvalue weighted by molar-refractivity contribution is 5.69. The Balaban J connectivity index is 2.59. The Morgan fingerprint density at radius 1 is 1.47 bits per heavy atom. The second-order valence-corrected chi connectivity index (χ2v) is 4.14. The van der Waals surface area contributed by atoms with Crippen molar-refractivity contribution in [3.63, 3.8) is 0 Å². The van der Waals surface area contributed by atoms with Gasteiger partial charge in [-0.2, -0.15) is 5.10 Å². The largest absolute Gasteiger partial charge is 0.466 e. The van der Waals surface area contributed by atoms with Crippen molar-refractivity contribution in [3.8, 4) is 0 Å². The molecule has 1 heterocycles. The molecule has 5 heteroatoms. The molecule has 5 nitrogen and oxygen atoms in total. The van der Waals surface area contributed by atoms with Gasteiger partial charge in [-0.25, -0.2) is 0 Å². The Kier molecular flexibility index (Phi) is 4.69. The fraction of sp³-hybridized carbons (Fsp3) is 0.667. The summed E-state index contributed by atoms with van der Waals surface area (Å²) in [5.74, 6) is -0.377. The van der Waals surface area contributed by atoms with Crippen molar-refractivity contribution >= 4 is 5.97 Å². The normalized spacial score (nSPS) is 12.5. The van der Waals surface area contributed by atoms with E-state index >= 15 is 0 Å². The Hall–Kier alpha value is -1.36. The molecule has 0 spiro atoms. The Morgan fingerprint density at radius 3 is 2.59 bits per heavy atom. The SMILES string of the molecule is CCOC(=O)CC(O)Cn1nc(C)c(C)c1C. The van der Waals surface area contributed by atoms with E-state index in [0.29, 0.717) is 13.2 Å². The maximum absolute atomic E-state index is 11.2. The van der Waals surface area contributed by atoms with Gasteiger partial charge in [0, 0.05) is 5.69 Å². The van der Waals surface area contributed by atoms with Gasteiger partial charge in [-0.15, -0.1) is 0 Å². The fourth-order valence-corrected chi connectivity index (χ4v) is 1.64. The zero-order valence-electron chi connectivity index (χ0n) is 10.9. The van der Waals surface area contributed by atoms with Crippen molar-refractivity contribution in [2.75, 3.05) is 6.61 Å². The Bertz CT molecular complexity index is 399. The van der Waals surface area contributed by atoms with Crippen molar-refractivity contribution in [1.82, 2.24) is 9.78 Å². The van der Waals surface area contributed by atoms with Crippen molar-refractivity contribution in [2.24, 2.45) is 0 Å².